The number of ether oxygens (including phenoxy) is 2. The van der Waals surface area contributed by atoms with Gasteiger partial charge in [0.15, 0.2) is 0 Å². The summed E-state index contributed by atoms with van der Waals surface area (Å²) in [6.45, 7) is 8.29. The highest BCUT2D eigenvalue weighted by Crippen LogP contribution is 2.40. The summed E-state index contributed by atoms with van der Waals surface area (Å²) in [7, 11) is 2.50. The first-order chi connectivity index (χ1) is 10.2. The number of hydrogen-bond donors (Lipinski definition) is 0. The summed E-state index contributed by atoms with van der Waals surface area (Å²) in [5, 5.41) is 0. The molecule has 22 heavy (non-hydrogen) atoms. The first-order valence-corrected chi connectivity index (χ1v) is 7.50. The van der Waals surface area contributed by atoms with Gasteiger partial charge in [-0.25, -0.2) is 9.59 Å². The standard InChI is InChI=1S/C18H26O4/c1-12-8-7-11-18(3,4)14(12)10-9-13(2)15(16(19)21-5)17(20)22-6/h9-10H,7-8,11H2,1-6H3/b10-9+. The van der Waals surface area contributed by atoms with Crippen LogP contribution in [0.15, 0.2) is 34.4 Å². The predicted octanol–water partition coefficient (Wildman–Crippen LogP) is 3.73. The van der Waals surface area contributed by atoms with Gasteiger partial charge in [0.2, 0.25) is 0 Å². The maximum absolute atomic E-state index is 11.8. The molecule has 0 spiro atoms. The van der Waals surface area contributed by atoms with Gasteiger partial charge in [-0.3, -0.25) is 0 Å². The SMILES string of the molecule is COC(=O)C(C(=O)OC)=C(C)/C=C/C1=C(C)CCCC1(C)C. The lowest BCUT2D eigenvalue weighted by Crippen LogP contribution is -2.19. The van der Waals surface area contributed by atoms with Crippen LogP contribution in [0.3, 0.4) is 0 Å². The average molecular weight is 306 g/mol. The molecule has 0 unspecified atom stereocenters. The fraction of sp³-hybridized carbons (Fsp3) is 0.556. The highest BCUT2D eigenvalue weighted by molar-refractivity contribution is 6.15. The highest BCUT2D eigenvalue weighted by atomic mass is 16.5. The van der Waals surface area contributed by atoms with Crippen molar-refractivity contribution in [1.82, 2.24) is 0 Å². The number of rotatable bonds is 4. The molecule has 0 N–H and O–H groups in total. The van der Waals surface area contributed by atoms with Gasteiger partial charge in [0, 0.05) is 0 Å². The Bertz CT molecular complexity index is 529. The normalized spacial score (nSPS) is 17.4. The van der Waals surface area contributed by atoms with Gasteiger partial charge in [0.05, 0.1) is 14.2 Å². The molecule has 4 heteroatoms. The first kappa shape index (κ1) is 18.2. The molecule has 1 rings (SSSR count). The lowest BCUT2D eigenvalue weighted by atomic mass is 9.72. The average Bonchev–Trinajstić information content (AvgIpc) is 2.45. The molecule has 0 aliphatic heterocycles. The second kappa shape index (κ2) is 7.43. The van der Waals surface area contributed by atoms with Crippen molar-refractivity contribution in [2.75, 3.05) is 14.2 Å². The summed E-state index contributed by atoms with van der Waals surface area (Å²) in [6, 6.07) is 0. The number of methoxy groups -OCH3 is 2. The van der Waals surface area contributed by atoms with Crippen LogP contribution in [0, 0.1) is 5.41 Å². The van der Waals surface area contributed by atoms with Crippen molar-refractivity contribution in [2.24, 2.45) is 5.41 Å². The third-order valence-corrected chi connectivity index (χ3v) is 4.22. The zero-order valence-corrected chi connectivity index (χ0v) is 14.4. The molecule has 0 saturated heterocycles. The fourth-order valence-corrected chi connectivity index (χ4v) is 2.91. The Morgan fingerprint density at radius 2 is 1.68 bits per heavy atom. The zero-order chi connectivity index (χ0) is 16.9. The summed E-state index contributed by atoms with van der Waals surface area (Å²) in [4.78, 5) is 23.5. The Morgan fingerprint density at radius 1 is 1.14 bits per heavy atom. The molecular formula is C18H26O4. The monoisotopic (exact) mass is 306 g/mol. The molecular weight excluding hydrogens is 280 g/mol. The Hall–Kier alpha value is -1.84. The molecule has 1 aliphatic carbocycles. The molecule has 0 radical (unpaired) electrons. The third-order valence-electron chi connectivity index (χ3n) is 4.22. The van der Waals surface area contributed by atoms with Gasteiger partial charge >= 0.3 is 11.9 Å². The summed E-state index contributed by atoms with van der Waals surface area (Å²) in [6.07, 6.45) is 7.23. The maximum atomic E-state index is 11.8. The maximum Gasteiger partial charge on any atom is 0.345 e. The molecule has 1 aliphatic rings. The number of esters is 2. The van der Waals surface area contributed by atoms with Crippen molar-refractivity contribution in [3.63, 3.8) is 0 Å². The van der Waals surface area contributed by atoms with Crippen LogP contribution in [0.25, 0.3) is 0 Å². The number of carbonyl (C=O) groups is 2. The Morgan fingerprint density at radius 3 is 2.14 bits per heavy atom. The van der Waals surface area contributed by atoms with Gasteiger partial charge in [-0.15, -0.1) is 0 Å². The molecule has 122 valence electrons. The van der Waals surface area contributed by atoms with E-state index in [1.165, 1.54) is 31.8 Å². The van der Waals surface area contributed by atoms with Crippen LogP contribution < -0.4 is 0 Å². The van der Waals surface area contributed by atoms with E-state index in [0.717, 1.165) is 12.8 Å². The summed E-state index contributed by atoms with van der Waals surface area (Å²) in [5.41, 5.74) is 3.22. The number of allylic oxidation sites excluding steroid dienone is 5. The molecule has 0 heterocycles. The van der Waals surface area contributed by atoms with E-state index in [1.807, 2.05) is 6.08 Å². The minimum atomic E-state index is -0.678. The van der Waals surface area contributed by atoms with Crippen molar-refractivity contribution >= 4 is 11.9 Å². The van der Waals surface area contributed by atoms with Crippen LogP contribution in [0.4, 0.5) is 0 Å². The molecule has 0 aromatic carbocycles. The quantitative estimate of drug-likeness (QED) is 0.261. The van der Waals surface area contributed by atoms with Crippen molar-refractivity contribution in [3.05, 3.63) is 34.4 Å². The van der Waals surface area contributed by atoms with Crippen molar-refractivity contribution in [3.8, 4) is 0 Å². The van der Waals surface area contributed by atoms with E-state index >= 15 is 0 Å². The van der Waals surface area contributed by atoms with Crippen LogP contribution in [-0.2, 0) is 19.1 Å². The second-order valence-corrected chi connectivity index (χ2v) is 6.31. The summed E-state index contributed by atoms with van der Waals surface area (Å²) in [5.74, 6) is -1.36. The Labute approximate surface area is 132 Å². The summed E-state index contributed by atoms with van der Waals surface area (Å²) >= 11 is 0. The molecule has 0 aromatic rings. The number of hydrogen-bond acceptors (Lipinski definition) is 4. The highest BCUT2D eigenvalue weighted by Gasteiger charge is 2.27. The van der Waals surface area contributed by atoms with Gasteiger partial charge in [-0.05, 0) is 49.7 Å². The summed E-state index contributed by atoms with van der Waals surface area (Å²) < 4.78 is 9.33. The first-order valence-electron chi connectivity index (χ1n) is 7.50. The molecule has 0 bridgehead atoms. The minimum absolute atomic E-state index is 0.0619. The van der Waals surface area contributed by atoms with Crippen molar-refractivity contribution < 1.29 is 19.1 Å². The van der Waals surface area contributed by atoms with E-state index in [2.05, 4.69) is 30.2 Å². The molecule has 0 fully saturated rings. The van der Waals surface area contributed by atoms with Crippen molar-refractivity contribution in [1.29, 1.82) is 0 Å². The van der Waals surface area contributed by atoms with E-state index in [-0.39, 0.29) is 11.0 Å². The minimum Gasteiger partial charge on any atom is -0.465 e. The zero-order valence-electron chi connectivity index (χ0n) is 14.4. The molecule has 4 nitrogen and oxygen atoms in total. The molecule has 0 atom stereocenters. The van der Waals surface area contributed by atoms with Gasteiger partial charge in [-0.2, -0.15) is 0 Å². The van der Waals surface area contributed by atoms with E-state index in [4.69, 9.17) is 0 Å². The van der Waals surface area contributed by atoms with Gasteiger partial charge < -0.3 is 9.47 Å². The van der Waals surface area contributed by atoms with Gasteiger partial charge in [0.25, 0.3) is 0 Å². The Balaban J connectivity index is 3.21. The lowest BCUT2D eigenvalue weighted by molar-refractivity contribution is -0.144. The van der Waals surface area contributed by atoms with Crippen LogP contribution in [0.5, 0.6) is 0 Å². The van der Waals surface area contributed by atoms with Gasteiger partial charge in [0.1, 0.15) is 5.57 Å². The Kier molecular flexibility index (Phi) is 6.15. The molecule has 0 saturated carbocycles. The van der Waals surface area contributed by atoms with Crippen LogP contribution in [0.1, 0.15) is 47.0 Å². The molecule has 0 amide bonds. The van der Waals surface area contributed by atoms with Gasteiger partial charge in [-0.1, -0.05) is 31.6 Å². The van der Waals surface area contributed by atoms with Crippen LogP contribution in [0.2, 0.25) is 0 Å². The number of carbonyl (C=O) groups excluding carboxylic acids is 2. The van der Waals surface area contributed by atoms with Crippen molar-refractivity contribution in [2.45, 2.75) is 47.0 Å². The third kappa shape index (κ3) is 4.09. The lowest BCUT2D eigenvalue weighted by Gasteiger charge is -2.33. The van der Waals surface area contributed by atoms with E-state index in [9.17, 15) is 9.59 Å². The van der Waals surface area contributed by atoms with E-state index < -0.39 is 11.9 Å². The smallest absolute Gasteiger partial charge is 0.345 e. The second-order valence-electron chi connectivity index (χ2n) is 6.31. The predicted molar refractivity (Wildman–Crippen MR) is 86.2 cm³/mol. The largest absolute Gasteiger partial charge is 0.465 e. The topological polar surface area (TPSA) is 52.6 Å². The van der Waals surface area contributed by atoms with E-state index in [0.29, 0.717) is 5.57 Å². The van der Waals surface area contributed by atoms with E-state index in [1.54, 1.807) is 13.0 Å². The fourth-order valence-electron chi connectivity index (χ4n) is 2.91. The van der Waals surface area contributed by atoms with Crippen LogP contribution in [-0.4, -0.2) is 26.2 Å². The molecule has 0 aromatic heterocycles. The van der Waals surface area contributed by atoms with Crippen LogP contribution >= 0.6 is 0 Å².